The normalized spacial score (nSPS) is 17.4. The number of nitrogens with zero attached hydrogens (tertiary/aromatic N) is 2. The molecule has 0 aromatic carbocycles. The van der Waals surface area contributed by atoms with E-state index >= 15 is 0 Å². The molecule has 0 bridgehead atoms. The van der Waals surface area contributed by atoms with Gasteiger partial charge in [-0.1, -0.05) is 12.2 Å². The van der Waals surface area contributed by atoms with Gasteiger partial charge in [-0.05, 0) is 45.6 Å². The van der Waals surface area contributed by atoms with E-state index in [-0.39, 0.29) is 5.54 Å². The Kier molecular flexibility index (Phi) is 3.03. The first kappa shape index (κ1) is 12.2. The standard InChI is InChI=1S/C12H18N4S/c1-7-8(2)15-16-11(9(7)10(13)17)14-12(3)5-4-6-12/h4-6H2,1-3H3,(H2,13,17)(H,14,16). The van der Waals surface area contributed by atoms with E-state index in [4.69, 9.17) is 18.0 Å². The van der Waals surface area contributed by atoms with Crippen molar-refractivity contribution < 1.29 is 0 Å². The fourth-order valence-corrected chi connectivity index (χ4v) is 2.37. The molecule has 1 heterocycles. The van der Waals surface area contributed by atoms with Gasteiger partial charge in [-0.25, -0.2) is 0 Å². The van der Waals surface area contributed by atoms with Crippen LogP contribution >= 0.6 is 12.2 Å². The highest BCUT2D eigenvalue weighted by Crippen LogP contribution is 2.35. The molecule has 0 radical (unpaired) electrons. The summed E-state index contributed by atoms with van der Waals surface area (Å²) >= 11 is 5.11. The second-order valence-electron chi connectivity index (χ2n) is 5.04. The van der Waals surface area contributed by atoms with Gasteiger partial charge in [-0.15, -0.1) is 5.10 Å². The van der Waals surface area contributed by atoms with Crippen LogP contribution in [0.1, 0.15) is 43.0 Å². The highest BCUT2D eigenvalue weighted by atomic mass is 32.1. The van der Waals surface area contributed by atoms with Gasteiger partial charge in [0, 0.05) is 5.54 Å². The Balaban J connectivity index is 2.39. The predicted molar refractivity (Wildman–Crippen MR) is 73.3 cm³/mol. The molecule has 1 saturated carbocycles. The van der Waals surface area contributed by atoms with Crippen LogP contribution in [0, 0.1) is 13.8 Å². The quantitative estimate of drug-likeness (QED) is 0.804. The van der Waals surface area contributed by atoms with Gasteiger partial charge < -0.3 is 11.1 Å². The third kappa shape index (κ3) is 2.24. The molecule has 5 heteroatoms. The number of aromatic nitrogens is 2. The van der Waals surface area contributed by atoms with Gasteiger partial charge in [0.15, 0.2) is 5.82 Å². The van der Waals surface area contributed by atoms with Crippen LogP contribution < -0.4 is 11.1 Å². The fraction of sp³-hybridized carbons (Fsp3) is 0.583. The minimum absolute atomic E-state index is 0.121. The van der Waals surface area contributed by atoms with Crippen LogP contribution in [0.4, 0.5) is 5.82 Å². The molecule has 1 aromatic rings. The maximum Gasteiger partial charge on any atom is 0.159 e. The van der Waals surface area contributed by atoms with Crippen molar-refractivity contribution in [3.05, 3.63) is 16.8 Å². The molecule has 0 unspecified atom stereocenters. The molecule has 1 aromatic heterocycles. The number of thiocarbonyl (C=S) groups is 1. The Morgan fingerprint density at radius 3 is 2.47 bits per heavy atom. The van der Waals surface area contributed by atoms with Crippen LogP contribution in [-0.4, -0.2) is 20.7 Å². The first-order chi connectivity index (χ1) is 7.93. The molecule has 0 amide bonds. The lowest BCUT2D eigenvalue weighted by molar-refractivity contribution is 0.305. The number of rotatable bonds is 3. The second kappa shape index (κ2) is 4.22. The minimum atomic E-state index is 0.121. The average molecular weight is 250 g/mol. The van der Waals surface area contributed by atoms with E-state index < -0.39 is 0 Å². The maximum absolute atomic E-state index is 5.79. The van der Waals surface area contributed by atoms with Crippen LogP contribution in [0.3, 0.4) is 0 Å². The number of hydrogen-bond donors (Lipinski definition) is 2. The Labute approximate surface area is 107 Å². The summed E-state index contributed by atoms with van der Waals surface area (Å²) in [6.45, 7) is 6.09. The molecule has 1 fully saturated rings. The summed E-state index contributed by atoms with van der Waals surface area (Å²) in [7, 11) is 0. The van der Waals surface area contributed by atoms with Crippen LogP contribution in [0.15, 0.2) is 0 Å². The van der Waals surface area contributed by atoms with Gasteiger partial charge in [-0.2, -0.15) is 5.10 Å². The van der Waals surface area contributed by atoms with Crippen molar-refractivity contribution in [2.75, 3.05) is 5.32 Å². The molecule has 0 aliphatic heterocycles. The first-order valence-electron chi connectivity index (χ1n) is 5.85. The number of nitrogens with two attached hydrogens (primary N) is 1. The second-order valence-corrected chi connectivity index (χ2v) is 5.48. The summed E-state index contributed by atoms with van der Waals surface area (Å²) in [6, 6.07) is 0. The molecule has 0 atom stereocenters. The topological polar surface area (TPSA) is 63.8 Å². The van der Waals surface area contributed by atoms with Crippen LogP contribution in [0.5, 0.6) is 0 Å². The highest BCUT2D eigenvalue weighted by Gasteiger charge is 2.33. The maximum atomic E-state index is 5.79. The van der Waals surface area contributed by atoms with Crippen molar-refractivity contribution >= 4 is 23.0 Å². The molecule has 1 aliphatic rings. The summed E-state index contributed by atoms with van der Waals surface area (Å²) in [5.41, 5.74) is 8.63. The van der Waals surface area contributed by atoms with E-state index in [1.807, 2.05) is 13.8 Å². The predicted octanol–water partition coefficient (Wildman–Crippen LogP) is 2.08. The molecule has 17 heavy (non-hydrogen) atoms. The molecule has 1 aliphatic carbocycles. The first-order valence-corrected chi connectivity index (χ1v) is 6.26. The lowest BCUT2D eigenvalue weighted by Crippen LogP contribution is -2.42. The Bertz CT molecular complexity index is 466. The summed E-state index contributed by atoms with van der Waals surface area (Å²) in [6.07, 6.45) is 3.56. The third-order valence-corrected chi connectivity index (χ3v) is 3.78. The van der Waals surface area contributed by atoms with Crippen LogP contribution in [0.25, 0.3) is 0 Å². The molecule has 0 spiro atoms. The summed E-state index contributed by atoms with van der Waals surface area (Å²) in [5, 5.41) is 11.8. The van der Waals surface area contributed by atoms with Crippen molar-refractivity contribution in [1.82, 2.24) is 10.2 Å². The van der Waals surface area contributed by atoms with Gasteiger partial charge in [0.2, 0.25) is 0 Å². The Morgan fingerprint density at radius 1 is 1.35 bits per heavy atom. The highest BCUT2D eigenvalue weighted by molar-refractivity contribution is 7.80. The van der Waals surface area contributed by atoms with Gasteiger partial charge in [0.05, 0.1) is 11.3 Å². The van der Waals surface area contributed by atoms with E-state index in [9.17, 15) is 0 Å². The fourth-order valence-electron chi connectivity index (χ4n) is 2.12. The summed E-state index contributed by atoms with van der Waals surface area (Å²) in [4.78, 5) is 0.380. The van der Waals surface area contributed by atoms with E-state index in [0.29, 0.717) is 4.99 Å². The number of hydrogen-bond acceptors (Lipinski definition) is 4. The number of nitrogens with one attached hydrogen (secondary N) is 1. The Morgan fingerprint density at radius 2 is 2.00 bits per heavy atom. The molecule has 2 rings (SSSR count). The van der Waals surface area contributed by atoms with Crippen LogP contribution in [-0.2, 0) is 0 Å². The molecular formula is C12H18N4S. The number of anilines is 1. The smallest absolute Gasteiger partial charge is 0.159 e. The third-order valence-electron chi connectivity index (χ3n) is 3.58. The molecular weight excluding hydrogens is 232 g/mol. The van der Waals surface area contributed by atoms with Crippen molar-refractivity contribution in [3.63, 3.8) is 0 Å². The molecule has 0 saturated heterocycles. The van der Waals surface area contributed by atoms with E-state index in [0.717, 1.165) is 35.5 Å². The zero-order valence-corrected chi connectivity index (χ0v) is 11.3. The number of aryl methyl sites for hydroxylation is 1. The molecule has 3 N–H and O–H groups in total. The van der Waals surface area contributed by atoms with Gasteiger partial charge in [-0.3, -0.25) is 0 Å². The van der Waals surface area contributed by atoms with Gasteiger partial charge in [0.25, 0.3) is 0 Å². The Hall–Kier alpha value is -1.23. The van der Waals surface area contributed by atoms with Crippen molar-refractivity contribution in [3.8, 4) is 0 Å². The van der Waals surface area contributed by atoms with Crippen LogP contribution in [0.2, 0.25) is 0 Å². The molecule has 92 valence electrons. The van der Waals surface area contributed by atoms with Crippen molar-refractivity contribution in [2.24, 2.45) is 5.73 Å². The van der Waals surface area contributed by atoms with Gasteiger partial charge >= 0.3 is 0 Å². The van der Waals surface area contributed by atoms with E-state index in [1.54, 1.807) is 0 Å². The SMILES string of the molecule is Cc1nnc(NC2(C)CCC2)c(C(N)=S)c1C. The van der Waals surface area contributed by atoms with Gasteiger partial charge in [0.1, 0.15) is 4.99 Å². The monoisotopic (exact) mass is 250 g/mol. The lowest BCUT2D eigenvalue weighted by atomic mass is 9.78. The zero-order chi connectivity index (χ0) is 12.6. The molecule has 4 nitrogen and oxygen atoms in total. The zero-order valence-electron chi connectivity index (χ0n) is 10.5. The van der Waals surface area contributed by atoms with Crippen molar-refractivity contribution in [1.29, 1.82) is 0 Å². The summed E-state index contributed by atoms with van der Waals surface area (Å²) < 4.78 is 0. The largest absolute Gasteiger partial charge is 0.389 e. The van der Waals surface area contributed by atoms with Crippen molar-refractivity contribution in [2.45, 2.75) is 45.6 Å². The minimum Gasteiger partial charge on any atom is -0.389 e. The summed E-state index contributed by atoms with van der Waals surface area (Å²) in [5.74, 6) is 0.725. The van der Waals surface area contributed by atoms with E-state index in [2.05, 4.69) is 22.4 Å². The lowest BCUT2D eigenvalue weighted by Gasteiger charge is -2.40. The van der Waals surface area contributed by atoms with E-state index in [1.165, 1.54) is 6.42 Å². The average Bonchev–Trinajstić information content (AvgIpc) is 2.21.